The van der Waals surface area contributed by atoms with E-state index in [4.69, 9.17) is 0 Å². The summed E-state index contributed by atoms with van der Waals surface area (Å²) in [6.07, 6.45) is 5.00. The Balaban J connectivity index is 1.75. The van der Waals surface area contributed by atoms with Gasteiger partial charge in [0.25, 0.3) is 0 Å². The van der Waals surface area contributed by atoms with Crippen LogP contribution in [0.4, 0.5) is 0 Å². The van der Waals surface area contributed by atoms with Crippen LogP contribution in [0, 0.1) is 0 Å². The van der Waals surface area contributed by atoms with E-state index >= 15 is 0 Å². The van der Waals surface area contributed by atoms with Crippen molar-refractivity contribution >= 4 is 35.6 Å². The summed E-state index contributed by atoms with van der Waals surface area (Å²) in [6.45, 7) is 2.26. The molecule has 0 unspecified atom stereocenters. The second-order valence-corrected chi connectivity index (χ2v) is 11.2. The molecule has 4 aromatic carbocycles. The summed E-state index contributed by atoms with van der Waals surface area (Å²) in [5, 5.41) is 6.54. The first-order chi connectivity index (χ1) is 16.3. The summed E-state index contributed by atoms with van der Waals surface area (Å²) in [5.74, 6) is 0. The van der Waals surface area contributed by atoms with E-state index in [1.54, 1.807) is 0 Å². The summed E-state index contributed by atoms with van der Waals surface area (Å²) in [6, 6.07) is 41.9. The van der Waals surface area contributed by atoms with Crippen LogP contribution in [0.1, 0.15) is 37.3 Å². The quantitative estimate of drug-likeness (QED) is 0.128. The molecule has 0 aromatic heterocycles. The summed E-state index contributed by atoms with van der Waals surface area (Å²) in [4.78, 5) is 1.27. The molecule has 0 heterocycles. The monoisotopic (exact) mass is 466 g/mol. The highest BCUT2D eigenvalue weighted by atomic mass is 32.2. The molecule has 4 rings (SSSR count). The maximum Gasteiger partial charge on any atom is 0.0116 e. The molecule has 0 aliphatic carbocycles. The zero-order valence-corrected chi connectivity index (χ0v) is 20.9. The Labute approximate surface area is 204 Å². The first kappa shape index (κ1) is 23.6. The molecule has 2 heteroatoms. The molecular weight excluding hydrogens is 435 g/mol. The van der Waals surface area contributed by atoms with Crippen molar-refractivity contribution in [3.63, 3.8) is 0 Å². The van der Waals surface area contributed by atoms with E-state index in [1.807, 2.05) is 11.8 Å². The van der Waals surface area contributed by atoms with Gasteiger partial charge in [0.1, 0.15) is 0 Å². The number of unbranched alkanes of at least 4 members (excludes halogenated alkanes) is 2. The number of thioether (sulfide) groups is 1. The Morgan fingerprint density at radius 3 is 1.76 bits per heavy atom. The Bertz CT molecular complexity index is 1080. The topological polar surface area (TPSA) is 0 Å². The molecule has 0 saturated carbocycles. The van der Waals surface area contributed by atoms with E-state index in [9.17, 15) is 0 Å². The second-order valence-electron chi connectivity index (χ2n) is 8.09. The van der Waals surface area contributed by atoms with E-state index < -0.39 is 7.92 Å². The molecule has 0 N–H and O–H groups in total. The van der Waals surface area contributed by atoms with Gasteiger partial charge in [-0.1, -0.05) is 135 Å². The van der Waals surface area contributed by atoms with Crippen LogP contribution >= 0.6 is 19.7 Å². The molecule has 0 saturated heterocycles. The van der Waals surface area contributed by atoms with Crippen molar-refractivity contribution in [2.75, 3.05) is 0 Å². The van der Waals surface area contributed by atoms with Gasteiger partial charge >= 0.3 is 0 Å². The Kier molecular flexibility index (Phi) is 8.99. The lowest BCUT2D eigenvalue weighted by Gasteiger charge is -2.23. The van der Waals surface area contributed by atoms with Crippen LogP contribution in [0.25, 0.3) is 5.31 Å². The zero-order valence-electron chi connectivity index (χ0n) is 19.2. The molecule has 166 valence electrons. The Hall–Kier alpha value is -2.60. The van der Waals surface area contributed by atoms with Gasteiger partial charge in [0.15, 0.2) is 0 Å². The number of benzene rings is 4. The fourth-order valence-electron chi connectivity index (χ4n) is 3.88. The number of hydrogen-bond donors (Lipinski definition) is 0. The fourth-order valence-corrected chi connectivity index (χ4v) is 7.36. The third-order valence-corrected chi connectivity index (χ3v) is 9.21. The van der Waals surface area contributed by atoms with E-state index in [1.165, 1.54) is 51.2 Å². The molecular formula is C31H31PS. The molecule has 0 radical (unpaired) electrons. The van der Waals surface area contributed by atoms with Gasteiger partial charge in [-0.3, -0.25) is 0 Å². The van der Waals surface area contributed by atoms with Crippen molar-refractivity contribution in [2.24, 2.45) is 0 Å². The molecule has 0 amide bonds. The molecule has 33 heavy (non-hydrogen) atoms. The van der Waals surface area contributed by atoms with Crippen LogP contribution in [-0.2, 0) is 6.42 Å². The van der Waals surface area contributed by atoms with Crippen LogP contribution in [0.5, 0.6) is 0 Å². The first-order valence-electron chi connectivity index (χ1n) is 11.8. The van der Waals surface area contributed by atoms with Crippen LogP contribution < -0.4 is 10.6 Å². The molecule has 0 nitrogen and oxygen atoms in total. The lowest BCUT2D eigenvalue weighted by atomic mass is 10.1. The zero-order chi connectivity index (χ0) is 22.7. The normalized spacial score (nSPS) is 11.6. The van der Waals surface area contributed by atoms with Gasteiger partial charge in [0.2, 0.25) is 0 Å². The summed E-state index contributed by atoms with van der Waals surface area (Å²) in [5.41, 5.74) is 2.75. The van der Waals surface area contributed by atoms with Crippen LogP contribution in [-0.4, -0.2) is 0 Å². The maximum absolute atomic E-state index is 2.38. The van der Waals surface area contributed by atoms with E-state index in [0.717, 1.165) is 6.42 Å². The summed E-state index contributed by atoms with van der Waals surface area (Å²) >= 11 is 1.82. The van der Waals surface area contributed by atoms with Gasteiger partial charge in [-0.05, 0) is 65.4 Å². The van der Waals surface area contributed by atoms with Crippen molar-refractivity contribution in [1.29, 1.82) is 0 Å². The van der Waals surface area contributed by atoms with Gasteiger partial charge in [-0.2, -0.15) is 0 Å². The van der Waals surface area contributed by atoms with E-state index in [-0.39, 0.29) is 0 Å². The van der Waals surface area contributed by atoms with Crippen molar-refractivity contribution in [3.8, 4) is 0 Å². The average Bonchev–Trinajstić information content (AvgIpc) is 2.89. The first-order valence-corrected chi connectivity index (χ1v) is 14.0. The number of aryl methyl sites for hydroxylation is 1. The minimum absolute atomic E-state index is 0.670. The molecule has 0 aliphatic rings. The average molecular weight is 467 g/mol. The Morgan fingerprint density at radius 1 is 0.667 bits per heavy atom. The molecule has 0 aliphatic heterocycles. The molecule has 0 atom stereocenters. The molecule has 0 fully saturated rings. The maximum atomic E-state index is 2.38. The van der Waals surface area contributed by atoms with Gasteiger partial charge < -0.3 is 0 Å². The highest BCUT2D eigenvalue weighted by molar-refractivity contribution is 8.03. The summed E-state index contributed by atoms with van der Waals surface area (Å²) in [7, 11) is -0.670. The van der Waals surface area contributed by atoms with E-state index in [2.05, 4.69) is 128 Å². The van der Waals surface area contributed by atoms with Gasteiger partial charge in [0.05, 0.1) is 0 Å². The minimum atomic E-state index is -0.670. The highest BCUT2D eigenvalue weighted by Gasteiger charge is 2.20. The Morgan fingerprint density at radius 2 is 1.21 bits per heavy atom. The van der Waals surface area contributed by atoms with Crippen molar-refractivity contribution < 1.29 is 0 Å². The van der Waals surface area contributed by atoms with Gasteiger partial charge in [0, 0.05) is 4.90 Å². The minimum Gasteiger partial charge on any atom is -0.0974 e. The van der Waals surface area contributed by atoms with Crippen LogP contribution in [0.3, 0.4) is 0 Å². The summed E-state index contributed by atoms with van der Waals surface area (Å²) < 4.78 is 0. The van der Waals surface area contributed by atoms with Crippen molar-refractivity contribution in [1.82, 2.24) is 0 Å². The molecule has 4 aromatic rings. The van der Waals surface area contributed by atoms with Crippen molar-refractivity contribution in [3.05, 3.63) is 132 Å². The van der Waals surface area contributed by atoms with Gasteiger partial charge in [-0.15, -0.1) is 0 Å². The third kappa shape index (κ3) is 6.70. The third-order valence-electron chi connectivity index (χ3n) is 5.64. The van der Waals surface area contributed by atoms with Crippen molar-refractivity contribution in [2.45, 2.75) is 37.5 Å². The lowest BCUT2D eigenvalue weighted by molar-refractivity contribution is 0.717. The number of hydrogen-bond acceptors (Lipinski definition) is 1. The number of rotatable bonds is 10. The second kappa shape index (κ2) is 12.6. The predicted octanol–water partition coefficient (Wildman–Crippen LogP) is 8.64. The van der Waals surface area contributed by atoms with E-state index in [0.29, 0.717) is 0 Å². The lowest BCUT2D eigenvalue weighted by Crippen LogP contribution is -2.12. The van der Waals surface area contributed by atoms with Crippen LogP contribution in [0.15, 0.2) is 126 Å². The largest absolute Gasteiger partial charge is 0.0974 e. The molecule has 0 spiro atoms. The standard InChI is InChI=1S/C31H31PS/c1-2-3-7-14-26-21-23-27(24-22-26)31(25-33-30-19-12-6-13-20-30)32(28-15-8-4-9-16-28)29-17-10-5-11-18-29/h4-6,8-13,15-25H,2-3,7,14H2,1H3/b31-25-. The highest BCUT2D eigenvalue weighted by Crippen LogP contribution is 2.50. The fraction of sp³-hybridized carbons (Fsp3) is 0.161. The van der Waals surface area contributed by atoms with Gasteiger partial charge in [-0.25, -0.2) is 0 Å². The van der Waals surface area contributed by atoms with Crippen LogP contribution in [0.2, 0.25) is 0 Å². The SMILES string of the molecule is CCCCCc1ccc(/C(=C/Sc2ccccc2)P(c2ccccc2)c2ccccc2)cc1. The molecule has 0 bridgehead atoms. The predicted molar refractivity (Wildman–Crippen MR) is 149 cm³/mol. The smallest absolute Gasteiger partial charge is 0.0116 e.